The van der Waals surface area contributed by atoms with Gasteiger partial charge in [-0.15, -0.1) is 0 Å². The van der Waals surface area contributed by atoms with Gasteiger partial charge in [0.2, 0.25) is 0 Å². The molecule has 0 atom stereocenters. The first-order chi connectivity index (χ1) is 21.2. The third-order valence-corrected chi connectivity index (χ3v) is 7.43. The molecule has 0 saturated heterocycles. The summed E-state index contributed by atoms with van der Waals surface area (Å²) in [5.74, 6) is 8.39. The van der Waals surface area contributed by atoms with Crippen LogP contribution in [0.25, 0.3) is 45.1 Å². The van der Waals surface area contributed by atoms with Crippen molar-refractivity contribution in [3.8, 4) is 34.9 Å². The van der Waals surface area contributed by atoms with Gasteiger partial charge in [0.25, 0.3) is 0 Å². The SMILES string of the molecule is CC(C)OCc1cc(C#Cc2cc(-c3nc4ccccc4n3C)nc(-c3nc4ccccc4n3C)c2)cc(COC(C)C)c1. The van der Waals surface area contributed by atoms with Crippen LogP contribution in [0.4, 0.5) is 0 Å². The Hall–Kier alpha value is -4.77. The van der Waals surface area contributed by atoms with Crippen molar-refractivity contribution in [1.82, 2.24) is 24.1 Å². The van der Waals surface area contributed by atoms with E-state index in [1.54, 1.807) is 0 Å². The highest BCUT2D eigenvalue weighted by molar-refractivity contribution is 5.82. The highest BCUT2D eigenvalue weighted by atomic mass is 16.5. The maximum atomic E-state index is 5.91. The second-order valence-corrected chi connectivity index (χ2v) is 11.6. The predicted molar refractivity (Wildman–Crippen MR) is 176 cm³/mol. The number of imidazole rings is 2. The first-order valence-electron chi connectivity index (χ1n) is 15.0. The van der Waals surface area contributed by atoms with Gasteiger partial charge in [-0.1, -0.05) is 42.2 Å². The molecule has 0 amide bonds. The zero-order valence-corrected chi connectivity index (χ0v) is 26.1. The summed E-state index contributed by atoms with van der Waals surface area (Å²) >= 11 is 0. The van der Waals surface area contributed by atoms with Crippen LogP contribution in [0.2, 0.25) is 0 Å². The number of pyridine rings is 1. The molecular formula is C37H37N5O2. The number of nitrogens with zero attached hydrogens (tertiary/aromatic N) is 5. The molecule has 6 rings (SSSR count). The Balaban J connectivity index is 1.47. The standard InChI is InChI=1S/C37H37N5O2/c1-24(2)43-22-28-17-26(18-29(19-28)23-44-25(3)4)15-16-27-20-32(36-39-30-11-7-9-13-34(30)41(36)5)38-33(21-27)37-40-31-12-8-10-14-35(31)42(37)6/h7-14,17-21,24-25H,22-23H2,1-6H3. The third-order valence-electron chi connectivity index (χ3n) is 7.43. The fourth-order valence-corrected chi connectivity index (χ4v) is 5.25. The normalized spacial score (nSPS) is 11.5. The molecule has 6 aromatic rings. The van der Waals surface area contributed by atoms with Crippen molar-refractivity contribution in [3.05, 3.63) is 101 Å². The number of rotatable bonds is 8. The summed E-state index contributed by atoms with van der Waals surface area (Å²) in [7, 11) is 4.04. The van der Waals surface area contributed by atoms with Gasteiger partial charge in [0.15, 0.2) is 11.6 Å². The van der Waals surface area contributed by atoms with Crippen LogP contribution in [0.5, 0.6) is 0 Å². The topological polar surface area (TPSA) is 67.0 Å². The van der Waals surface area contributed by atoms with Crippen LogP contribution in [-0.2, 0) is 36.8 Å². The van der Waals surface area contributed by atoms with E-state index in [0.29, 0.717) is 13.2 Å². The third kappa shape index (κ3) is 6.28. The number of hydrogen-bond donors (Lipinski definition) is 0. The summed E-state index contributed by atoms with van der Waals surface area (Å²) in [5.41, 5.74) is 9.28. The molecule has 222 valence electrons. The van der Waals surface area contributed by atoms with Gasteiger partial charge in [-0.3, -0.25) is 0 Å². The molecule has 0 spiro atoms. The van der Waals surface area contributed by atoms with E-state index in [1.165, 1.54) is 0 Å². The summed E-state index contributed by atoms with van der Waals surface area (Å²) in [6.07, 6.45) is 0.276. The van der Waals surface area contributed by atoms with E-state index in [0.717, 1.165) is 67.4 Å². The first-order valence-corrected chi connectivity index (χ1v) is 15.0. The Morgan fingerprint density at radius 3 is 1.45 bits per heavy atom. The predicted octanol–water partition coefficient (Wildman–Crippen LogP) is 7.44. The smallest absolute Gasteiger partial charge is 0.159 e. The number of aryl methyl sites for hydroxylation is 2. The molecule has 0 aliphatic rings. The van der Waals surface area contributed by atoms with Crippen LogP contribution in [0.15, 0.2) is 78.9 Å². The quantitative estimate of drug-likeness (QED) is 0.174. The van der Waals surface area contributed by atoms with Crippen molar-refractivity contribution < 1.29 is 9.47 Å². The van der Waals surface area contributed by atoms with E-state index < -0.39 is 0 Å². The van der Waals surface area contributed by atoms with Crippen molar-refractivity contribution >= 4 is 22.1 Å². The lowest BCUT2D eigenvalue weighted by Crippen LogP contribution is -2.05. The molecule has 0 aliphatic carbocycles. The molecule has 44 heavy (non-hydrogen) atoms. The molecule has 7 heteroatoms. The van der Waals surface area contributed by atoms with Crippen LogP contribution < -0.4 is 0 Å². The second kappa shape index (κ2) is 12.5. The van der Waals surface area contributed by atoms with Crippen molar-refractivity contribution in [3.63, 3.8) is 0 Å². The van der Waals surface area contributed by atoms with Gasteiger partial charge in [-0.05, 0) is 87.4 Å². The molecule has 0 radical (unpaired) electrons. The van der Waals surface area contributed by atoms with Crippen LogP contribution in [-0.4, -0.2) is 36.3 Å². The summed E-state index contributed by atoms with van der Waals surface area (Å²) in [6, 6.07) is 26.6. The maximum absolute atomic E-state index is 5.91. The van der Waals surface area contributed by atoms with E-state index in [2.05, 4.69) is 51.3 Å². The van der Waals surface area contributed by atoms with Gasteiger partial charge in [-0.25, -0.2) is 15.0 Å². The van der Waals surface area contributed by atoms with Crippen LogP contribution >= 0.6 is 0 Å². The fraction of sp³-hybridized carbons (Fsp3) is 0.270. The average molecular weight is 584 g/mol. The minimum atomic E-state index is 0.138. The van der Waals surface area contributed by atoms with Crippen molar-refractivity contribution in [2.24, 2.45) is 14.1 Å². The fourth-order valence-electron chi connectivity index (χ4n) is 5.25. The van der Waals surface area contributed by atoms with Crippen molar-refractivity contribution in [1.29, 1.82) is 0 Å². The molecule has 0 saturated carbocycles. The summed E-state index contributed by atoms with van der Waals surface area (Å²) in [6.45, 7) is 9.20. The molecule has 0 bridgehead atoms. The number of ether oxygens (including phenoxy) is 2. The number of aromatic nitrogens is 5. The highest BCUT2D eigenvalue weighted by Crippen LogP contribution is 2.28. The molecule has 0 N–H and O–H groups in total. The van der Waals surface area contributed by atoms with E-state index >= 15 is 0 Å². The monoisotopic (exact) mass is 583 g/mol. The molecule has 0 aliphatic heterocycles. The lowest BCUT2D eigenvalue weighted by molar-refractivity contribution is 0.0625. The van der Waals surface area contributed by atoms with Gasteiger partial charge in [0.1, 0.15) is 11.4 Å². The van der Waals surface area contributed by atoms with Gasteiger partial charge in [-0.2, -0.15) is 0 Å². The largest absolute Gasteiger partial charge is 0.374 e. The molecule has 7 nitrogen and oxygen atoms in total. The highest BCUT2D eigenvalue weighted by Gasteiger charge is 2.17. The molecule has 3 heterocycles. The van der Waals surface area contributed by atoms with E-state index in [4.69, 9.17) is 24.4 Å². The van der Waals surface area contributed by atoms with E-state index in [1.807, 2.05) is 90.3 Å². The molecular weight excluding hydrogens is 546 g/mol. The van der Waals surface area contributed by atoms with Crippen molar-refractivity contribution in [2.75, 3.05) is 0 Å². The van der Waals surface area contributed by atoms with Gasteiger partial charge >= 0.3 is 0 Å². The van der Waals surface area contributed by atoms with Gasteiger partial charge in [0, 0.05) is 25.2 Å². The molecule has 0 unspecified atom stereocenters. The Kier molecular flexibility index (Phi) is 8.30. The molecule has 3 aromatic carbocycles. The molecule has 0 fully saturated rings. The lowest BCUT2D eigenvalue weighted by Gasteiger charge is -2.12. The number of para-hydroxylation sites is 4. The average Bonchev–Trinajstić information content (AvgIpc) is 3.54. The summed E-state index contributed by atoms with van der Waals surface area (Å²) in [4.78, 5) is 14.9. The van der Waals surface area contributed by atoms with Gasteiger partial charge in [0.05, 0.1) is 47.5 Å². The van der Waals surface area contributed by atoms with Gasteiger partial charge < -0.3 is 18.6 Å². The minimum absolute atomic E-state index is 0.138. The zero-order valence-electron chi connectivity index (χ0n) is 26.1. The Morgan fingerprint density at radius 1 is 0.591 bits per heavy atom. The minimum Gasteiger partial charge on any atom is -0.374 e. The second-order valence-electron chi connectivity index (χ2n) is 11.6. The maximum Gasteiger partial charge on any atom is 0.159 e. The number of benzene rings is 3. The number of fused-ring (bicyclic) bond motifs is 2. The Labute approximate surface area is 258 Å². The van der Waals surface area contributed by atoms with Crippen molar-refractivity contribution in [2.45, 2.75) is 53.1 Å². The van der Waals surface area contributed by atoms with Crippen LogP contribution in [0.1, 0.15) is 49.9 Å². The molecule has 3 aromatic heterocycles. The summed E-state index contributed by atoms with van der Waals surface area (Å²) < 4.78 is 16.0. The Bertz CT molecular complexity index is 1890. The van der Waals surface area contributed by atoms with Crippen LogP contribution in [0.3, 0.4) is 0 Å². The first kappa shape index (κ1) is 29.3. The lowest BCUT2D eigenvalue weighted by atomic mass is 10.1. The van der Waals surface area contributed by atoms with Crippen LogP contribution in [0, 0.1) is 11.8 Å². The number of hydrogen-bond acceptors (Lipinski definition) is 5. The van der Waals surface area contributed by atoms with E-state index in [9.17, 15) is 0 Å². The zero-order chi connectivity index (χ0) is 30.8. The summed E-state index contributed by atoms with van der Waals surface area (Å²) in [5, 5.41) is 0. The Morgan fingerprint density at radius 2 is 1.02 bits per heavy atom. The van der Waals surface area contributed by atoms with E-state index in [-0.39, 0.29) is 12.2 Å².